The summed E-state index contributed by atoms with van der Waals surface area (Å²) in [4.78, 5) is 4.82. The van der Waals surface area contributed by atoms with Gasteiger partial charge in [0.25, 0.3) is 0 Å². The first-order chi connectivity index (χ1) is 9.61. The minimum absolute atomic E-state index is 0.500. The summed E-state index contributed by atoms with van der Waals surface area (Å²) in [5.74, 6) is 0. The third-order valence-electron chi connectivity index (χ3n) is 2.42. The van der Waals surface area contributed by atoms with E-state index in [1.54, 1.807) is 0 Å². The quantitative estimate of drug-likeness (QED) is 0.621. The third kappa shape index (κ3) is 28.5. The zero-order chi connectivity index (χ0) is 17.5. The van der Waals surface area contributed by atoms with Crippen molar-refractivity contribution in [3.8, 4) is 0 Å². The van der Waals surface area contributed by atoms with E-state index >= 15 is 0 Å². The molecule has 0 aromatic rings. The van der Waals surface area contributed by atoms with E-state index in [9.17, 15) is 0 Å². The summed E-state index contributed by atoms with van der Waals surface area (Å²) in [6.45, 7) is 26.6. The Hall–Kier alpha value is -0.340. The maximum Gasteiger partial charge on any atom is 0.0506 e. The van der Waals surface area contributed by atoms with Crippen molar-refractivity contribution in [3.05, 3.63) is 12.7 Å². The Morgan fingerprint density at radius 2 is 1.52 bits per heavy atom. The van der Waals surface area contributed by atoms with Crippen LogP contribution in [-0.2, 0) is 0 Å². The van der Waals surface area contributed by atoms with Crippen molar-refractivity contribution in [3.63, 3.8) is 0 Å². The standard InChI is InChI=1S/C7H16N2.C5H12.C5H10.C2H6/c1-7(2)9-5-4-8(3)6-9;1-5(2,3)4;1-3-5-4-2;1-2/h7H,4-6H2,1-3H3;1-4H3;3H,1,4-5H2,2H3;1-2H3. The molecule has 0 radical (unpaired) electrons. The molecule has 1 fully saturated rings. The molecule has 2 heteroatoms. The van der Waals surface area contributed by atoms with E-state index < -0.39 is 0 Å². The predicted octanol–water partition coefficient (Wildman–Crippen LogP) is 5.65. The summed E-state index contributed by atoms with van der Waals surface area (Å²) in [7, 11) is 2.17. The Balaban J connectivity index is -0.000000234. The van der Waals surface area contributed by atoms with Crippen LogP contribution in [0, 0.1) is 5.41 Å². The van der Waals surface area contributed by atoms with Crippen LogP contribution in [-0.4, -0.2) is 42.6 Å². The van der Waals surface area contributed by atoms with Gasteiger partial charge in [0, 0.05) is 19.1 Å². The van der Waals surface area contributed by atoms with Gasteiger partial charge in [0.05, 0.1) is 6.67 Å². The van der Waals surface area contributed by atoms with Gasteiger partial charge in [-0.2, -0.15) is 0 Å². The van der Waals surface area contributed by atoms with Gasteiger partial charge in [-0.1, -0.05) is 61.0 Å². The largest absolute Gasteiger partial charge is 0.292 e. The minimum atomic E-state index is 0.500. The molecule has 0 saturated carbocycles. The average molecular weight is 301 g/mol. The van der Waals surface area contributed by atoms with Crippen LogP contribution < -0.4 is 0 Å². The highest BCUT2D eigenvalue weighted by Crippen LogP contribution is 2.08. The summed E-state index contributed by atoms with van der Waals surface area (Å²) >= 11 is 0. The van der Waals surface area contributed by atoms with Gasteiger partial charge in [0.2, 0.25) is 0 Å². The maximum absolute atomic E-state index is 3.55. The van der Waals surface area contributed by atoms with Crippen LogP contribution in [0.4, 0.5) is 0 Å². The van der Waals surface area contributed by atoms with Crippen molar-refractivity contribution in [2.24, 2.45) is 5.41 Å². The first-order valence-corrected chi connectivity index (χ1v) is 8.65. The topological polar surface area (TPSA) is 6.48 Å². The van der Waals surface area contributed by atoms with Gasteiger partial charge < -0.3 is 0 Å². The minimum Gasteiger partial charge on any atom is -0.292 e. The van der Waals surface area contributed by atoms with Gasteiger partial charge in [-0.3, -0.25) is 9.80 Å². The van der Waals surface area contributed by atoms with Crippen molar-refractivity contribution in [2.75, 3.05) is 26.8 Å². The van der Waals surface area contributed by atoms with Gasteiger partial charge >= 0.3 is 0 Å². The Kier molecular flexibility index (Phi) is 19.6. The molecule has 0 unspecified atom stereocenters. The lowest BCUT2D eigenvalue weighted by molar-refractivity contribution is 0.230. The van der Waals surface area contributed by atoms with E-state index in [0.717, 1.165) is 19.1 Å². The molecule has 0 aromatic carbocycles. The fourth-order valence-electron chi connectivity index (χ4n) is 1.38. The molecule has 21 heavy (non-hydrogen) atoms. The molecule has 130 valence electrons. The molecular weight excluding hydrogens is 256 g/mol. The lowest BCUT2D eigenvalue weighted by Crippen LogP contribution is -2.29. The number of unbranched alkanes of at least 4 members (excludes halogenated alkanes) is 1. The molecule has 2 nitrogen and oxygen atoms in total. The molecule has 1 aliphatic heterocycles. The van der Waals surface area contributed by atoms with Crippen LogP contribution in [0.3, 0.4) is 0 Å². The second-order valence-corrected chi connectivity index (χ2v) is 7.20. The van der Waals surface area contributed by atoms with Gasteiger partial charge in [-0.15, -0.1) is 6.58 Å². The fraction of sp³-hybridized carbons (Fsp3) is 0.895. The smallest absolute Gasteiger partial charge is 0.0506 e. The predicted molar refractivity (Wildman–Crippen MR) is 101 cm³/mol. The first kappa shape index (κ1) is 25.6. The van der Waals surface area contributed by atoms with Crippen molar-refractivity contribution in [2.45, 2.75) is 81.2 Å². The number of hydrogen-bond acceptors (Lipinski definition) is 2. The Morgan fingerprint density at radius 1 is 1.10 bits per heavy atom. The number of nitrogens with zero attached hydrogens (tertiary/aromatic N) is 2. The van der Waals surface area contributed by atoms with Crippen LogP contribution >= 0.6 is 0 Å². The van der Waals surface area contributed by atoms with Gasteiger partial charge in [-0.05, 0) is 32.7 Å². The Morgan fingerprint density at radius 3 is 1.62 bits per heavy atom. The van der Waals surface area contributed by atoms with Crippen molar-refractivity contribution in [1.82, 2.24) is 9.80 Å². The summed E-state index contributed by atoms with van der Waals surface area (Å²) in [5, 5.41) is 0. The van der Waals surface area contributed by atoms with Crippen molar-refractivity contribution < 1.29 is 0 Å². The lowest BCUT2D eigenvalue weighted by atomic mass is 10.0. The highest BCUT2D eigenvalue weighted by atomic mass is 15.4. The molecule has 0 aliphatic carbocycles. The highest BCUT2D eigenvalue weighted by Gasteiger charge is 2.17. The number of likely N-dealkylation sites (N-methyl/N-ethyl adjacent to an activating group) is 1. The Bertz CT molecular complexity index is 198. The van der Waals surface area contributed by atoms with E-state index in [1.165, 1.54) is 19.5 Å². The second-order valence-electron chi connectivity index (χ2n) is 7.20. The zero-order valence-corrected chi connectivity index (χ0v) is 16.8. The maximum atomic E-state index is 3.55. The molecular formula is C19H44N2. The van der Waals surface area contributed by atoms with Gasteiger partial charge in [0.1, 0.15) is 0 Å². The zero-order valence-electron chi connectivity index (χ0n) is 16.8. The monoisotopic (exact) mass is 300 g/mol. The fourth-order valence-corrected chi connectivity index (χ4v) is 1.38. The molecule has 0 N–H and O–H groups in total. The first-order valence-electron chi connectivity index (χ1n) is 8.65. The van der Waals surface area contributed by atoms with Gasteiger partial charge in [-0.25, -0.2) is 0 Å². The molecule has 1 rings (SSSR count). The summed E-state index contributed by atoms with van der Waals surface area (Å²) in [6, 6.07) is 0.718. The lowest BCUT2D eigenvalue weighted by Gasteiger charge is -2.19. The molecule has 1 aliphatic rings. The highest BCUT2D eigenvalue weighted by molar-refractivity contribution is 4.70. The van der Waals surface area contributed by atoms with E-state index in [-0.39, 0.29) is 0 Å². The molecule has 1 heterocycles. The SMILES string of the molecule is C=CCCC.CC.CC(C)(C)C.CC(C)N1CCN(C)C1. The summed E-state index contributed by atoms with van der Waals surface area (Å²) in [6.07, 6.45) is 4.31. The van der Waals surface area contributed by atoms with E-state index in [2.05, 4.69) is 71.9 Å². The number of rotatable bonds is 3. The van der Waals surface area contributed by atoms with E-state index in [0.29, 0.717) is 5.41 Å². The number of hydrogen-bond donors (Lipinski definition) is 0. The molecule has 0 spiro atoms. The molecule has 0 amide bonds. The molecule has 0 atom stereocenters. The Labute approximate surface area is 136 Å². The second kappa shape index (κ2) is 16.0. The summed E-state index contributed by atoms with van der Waals surface area (Å²) in [5.41, 5.74) is 0.500. The van der Waals surface area contributed by atoms with Crippen LogP contribution in [0.1, 0.15) is 75.2 Å². The molecule has 0 aromatic heterocycles. The normalized spacial score (nSPS) is 15.2. The van der Waals surface area contributed by atoms with Gasteiger partial charge in [0.15, 0.2) is 0 Å². The number of allylic oxidation sites excluding steroid dienone is 1. The third-order valence-corrected chi connectivity index (χ3v) is 2.42. The van der Waals surface area contributed by atoms with E-state index in [4.69, 9.17) is 0 Å². The van der Waals surface area contributed by atoms with Crippen LogP contribution in [0.15, 0.2) is 12.7 Å². The van der Waals surface area contributed by atoms with Crippen molar-refractivity contribution >= 4 is 0 Å². The van der Waals surface area contributed by atoms with Crippen LogP contribution in [0.2, 0.25) is 0 Å². The van der Waals surface area contributed by atoms with E-state index in [1.807, 2.05) is 19.9 Å². The van der Waals surface area contributed by atoms with Crippen LogP contribution in [0.5, 0.6) is 0 Å². The molecule has 1 saturated heterocycles. The summed E-state index contributed by atoms with van der Waals surface area (Å²) < 4.78 is 0. The average Bonchev–Trinajstić information content (AvgIpc) is 2.78. The molecule has 0 bridgehead atoms. The van der Waals surface area contributed by atoms with Crippen LogP contribution in [0.25, 0.3) is 0 Å². The van der Waals surface area contributed by atoms with Crippen molar-refractivity contribution in [1.29, 1.82) is 0 Å².